The van der Waals surface area contributed by atoms with Gasteiger partial charge >= 0.3 is 5.97 Å². The molecule has 0 aliphatic heterocycles. The van der Waals surface area contributed by atoms with Gasteiger partial charge in [0, 0.05) is 17.8 Å². The summed E-state index contributed by atoms with van der Waals surface area (Å²) < 4.78 is 1.70. The van der Waals surface area contributed by atoms with Crippen LogP contribution in [0.25, 0.3) is 5.78 Å². The van der Waals surface area contributed by atoms with Crippen LogP contribution in [0.1, 0.15) is 36.6 Å². The zero-order chi connectivity index (χ0) is 14.2. The Hall–Kier alpha value is -1.98. The number of aromatic nitrogens is 4. The second-order valence-corrected chi connectivity index (χ2v) is 4.80. The normalized spacial score (nSPS) is 12.8. The number of hydrogen-bond donors (Lipinski definition) is 1. The smallest absolute Gasteiger partial charge is 0.306 e. The fraction of sp³-hybridized carbons (Fsp3) is 0.538. The lowest BCUT2D eigenvalue weighted by Gasteiger charge is -2.12. The topological polar surface area (TPSA) is 80.4 Å². The molecule has 6 nitrogen and oxygen atoms in total. The minimum absolute atomic E-state index is 0.439. The number of hydrogen-bond acceptors (Lipinski definition) is 4. The van der Waals surface area contributed by atoms with Crippen LogP contribution in [0.15, 0.2) is 0 Å². The van der Waals surface area contributed by atoms with E-state index in [0.717, 1.165) is 29.2 Å². The minimum Gasteiger partial charge on any atom is -0.481 e. The van der Waals surface area contributed by atoms with Crippen molar-refractivity contribution in [2.24, 2.45) is 5.92 Å². The molecule has 2 aromatic heterocycles. The van der Waals surface area contributed by atoms with E-state index in [1.54, 1.807) is 11.4 Å². The van der Waals surface area contributed by atoms with Crippen LogP contribution >= 0.6 is 0 Å². The van der Waals surface area contributed by atoms with Gasteiger partial charge in [-0.2, -0.15) is 4.98 Å². The van der Waals surface area contributed by atoms with E-state index in [0.29, 0.717) is 12.2 Å². The summed E-state index contributed by atoms with van der Waals surface area (Å²) >= 11 is 0. The summed E-state index contributed by atoms with van der Waals surface area (Å²) in [4.78, 5) is 19.7. The molecule has 0 saturated heterocycles. The Kier molecular flexibility index (Phi) is 3.50. The number of carboxylic acids is 1. The average molecular weight is 262 g/mol. The summed E-state index contributed by atoms with van der Waals surface area (Å²) in [6.07, 6.45) is 1.21. The van der Waals surface area contributed by atoms with Crippen molar-refractivity contribution in [1.29, 1.82) is 0 Å². The second kappa shape index (κ2) is 4.95. The lowest BCUT2D eigenvalue weighted by atomic mass is 9.99. The Morgan fingerprint density at radius 1 is 1.37 bits per heavy atom. The highest BCUT2D eigenvalue weighted by atomic mass is 16.4. The molecule has 1 unspecified atom stereocenters. The zero-order valence-corrected chi connectivity index (χ0v) is 11.6. The molecule has 2 rings (SSSR count). The van der Waals surface area contributed by atoms with Crippen LogP contribution < -0.4 is 0 Å². The van der Waals surface area contributed by atoms with E-state index in [-0.39, 0.29) is 0 Å². The van der Waals surface area contributed by atoms with Crippen LogP contribution in [-0.2, 0) is 17.6 Å². The van der Waals surface area contributed by atoms with Gasteiger partial charge in [0.1, 0.15) is 0 Å². The lowest BCUT2D eigenvalue weighted by molar-refractivity contribution is -0.141. The van der Waals surface area contributed by atoms with Gasteiger partial charge in [-0.1, -0.05) is 13.8 Å². The molecule has 0 radical (unpaired) electrons. The van der Waals surface area contributed by atoms with E-state index < -0.39 is 11.9 Å². The standard InChI is InChI=1S/C13H18N4O2/c1-5-11-15-13-14-8(3)10(6-7(2)12(18)19)9(4)17(13)16-11/h7H,5-6H2,1-4H3,(H,18,19). The Labute approximate surface area is 111 Å². The van der Waals surface area contributed by atoms with E-state index in [2.05, 4.69) is 15.1 Å². The summed E-state index contributed by atoms with van der Waals surface area (Å²) in [6.45, 7) is 7.51. The fourth-order valence-corrected chi connectivity index (χ4v) is 2.09. The molecule has 1 N–H and O–H groups in total. The van der Waals surface area contributed by atoms with Crippen molar-refractivity contribution >= 4 is 11.7 Å². The molecular formula is C13H18N4O2. The van der Waals surface area contributed by atoms with E-state index in [1.165, 1.54) is 0 Å². The third kappa shape index (κ3) is 2.43. The quantitative estimate of drug-likeness (QED) is 0.904. The lowest BCUT2D eigenvalue weighted by Crippen LogP contribution is -2.16. The molecule has 2 heterocycles. The summed E-state index contributed by atoms with van der Waals surface area (Å²) in [5.41, 5.74) is 2.69. The zero-order valence-electron chi connectivity index (χ0n) is 11.6. The first-order valence-electron chi connectivity index (χ1n) is 6.38. The number of rotatable bonds is 4. The van der Waals surface area contributed by atoms with Gasteiger partial charge in [0.2, 0.25) is 0 Å². The molecule has 0 amide bonds. The highest BCUT2D eigenvalue weighted by Gasteiger charge is 2.18. The van der Waals surface area contributed by atoms with Gasteiger partial charge in [0.15, 0.2) is 5.82 Å². The average Bonchev–Trinajstić information content (AvgIpc) is 2.77. The Balaban J connectivity index is 2.52. The van der Waals surface area contributed by atoms with E-state index in [4.69, 9.17) is 5.11 Å². The fourth-order valence-electron chi connectivity index (χ4n) is 2.09. The van der Waals surface area contributed by atoms with Crippen LogP contribution in [0.4, 0.5) is 0 Å². The van der Waals surface area contributed by atoms with E-state index in [9.17, 15) is 4.79 Å². The van der Waals surface area contributed by atoms with Gasteiger partial charge in [-0.15, -0.1) is 5.10 Å². The van der Waals surface area contributed by atoms with Gasteiger partial charge in [0.25, 0.3) is 5.78 Å². The molecule has 0 spiro atoms. The molecule has 1 atom stereocenters. The number of fused-ring (bicyclic) bond motifs is 1. The molecule has 0 aromatic carbocycles. The number of carbonyl (C=O) groups is 1. The third-order valence-corrected chi connectivity index (χ3v) is 3.34. The number of aliphatic carboxylic acids is 1. The van der Waals surface area contributed by atoms with Crippen molar-refractivity contribution in [1.82, 2.24) is 19.6 Å². The van der Waals surface area contributed by atoms with E-state index >= 15 is 0 Å². The summed E-state index contributed by atoms with van der Waals surface area (Å²) in [6, 6.07) is 0. The third-order valence-electron chi connectivity index (χ3n) is 3.34. The monoisotopic (exact) mass is 262 g/mol. The van der Waals surface area contributed by atoms with Crippen LogP contribution in [0.5, 0.6) is 0 Å². The van der Waals surface area contributed by atoms with Crippen LogP contribution in [-0.4, -0.2) is 30.7 Å². The first-order chi connectivity index (χ1) is 8.93. The van der Waals surface area contributed by atoms with Gasteiger partial charge < -0.3 is 5.11 Å². The largest absolute Gasteiger partial charge is 0.481 e. The molecule has 0 aliphatic carbocycles. The first kappa shape index (κ1) is 13.5. The minimum atomic E-state index is -0.799. The molecule has 102 valence electrons. The van der Waals surface area contributed by atoms with Crippen LogP contribution in [0, 0.1) is 19.8 Å². The second-order valence-electron chi connectivity index (χ2n) is 4.80. The molecule has 0 aliphatic rings. The molecular weight excluding hydrogens is 244 g/mol. The Morgan fingerprint density at radius 2 is 2.05 bits per heavy atom. The SMILES string of the molecule is CCc1nc2nc(C)c(CC(C)C(=O)O)c(C)n2n1. The van der Waals surface area contributed by atoms with Crippen molar-refractivity contribution in [3.63, 3.8) is 0 Å². The van der Waals surface area contributed by atoms with Gasteiger partial charge in [0.05, 0.1) is 5.92 Å². The van der Waals surface area contributed by atoms with Crippen molar-refractivity contribution in [2.75, 3.05) is 0 Å². The van der Waals surface area contributed by atoms with Gasteiger partial charge in [-0.3, -0.25) is 4.79 Å². The Bertz CT molecular complexity index is 633. The maximum atomic E-state index is 11.0. The molecule has 0 fully saturated rings. The first-order valence-corrected chi connectivity index (χ1v) is 6.38. The van der Waals surface area contributed by atoms with Crippen molar-refractivity contribution in [3.8, 4) is 0 Å². The summed E-state index contributed by atoms with van der Waals surface area (Å²) in [7, 11) is 0. The van der Waals surface area contributed by atoms with Crippen molar-refractivity contribution in [3.05, 3.63) is 22.8 Å². The van der Waals surface area contributed by atoms with Gasteiger partial charge in [-0.25, -0.2) is 9.50 Å². The van der Waals surface area contributed by atoms with Crippen LogP contribution in [0.3, 0.4) is 0 Å². The maximum Gasteiger partial charge on any atom is 0.306 e. The molecule has 2 aromatic rings. The van der Waals surface area contributed by atoms with Crippen LogP contribution in [0.2, 0.25) is 0 Å². The molecule has 0 bridgehead atoms. The summed E-state index contributed by atoms with van der Waals surface area (Å²) in [5.74, 6) is 0.0922. The highest BCUT2D eigenvalue weighted by molar-refractivity contribution is 5.70. The predicted octanol–water partition coefficient (Wildman–Crippen LogP) is 1.57. The van der Waals surface area contributed by atoms with Crippen molar-refractivity contribution < 1.29 is 9.90 Å². The maximum absolute atomic E-state index is 11.0. The predicted molar refractivity (Wildman–Crippen MR) is 70.1 cm³/mol. The Morgan fingerprint density at radius 3 is 2.63 bits per heavy atom. The number of carboxylic acid groups (broad SMARTS) is 1. The molecule has 0 saturated carbocycles. The van der Waals surface area contributed by atoms with Crippen molar-refractivity contribution in [2.45, 2.75) is 40.5 Å². The number of nitrogens with zero attached hydrogens (tertiary/aromatic N) is 4. The number of aryl methyl sites for hydroxylation is 3. The van der Waals surface area contributed by atoms with E-state index in [1.807, 2.05) is 20.8 Å². The summed E-state index contributed by atoms with van der Waals surface area (Å²) in [5, 5.41) is 13.4. The molecule has 6 heteroatoms. The van der Waals surface area contributed by atoms with Gasteiger partial charge in [-0.05, 0) is 25.8 Å². The molecule has 19 heavy (non-hydrogen) atoms. The highest BCUT2D eigenvalue weighted by Crippen LogP contribution is 2.18.